The highest BCUT2D eigenvalue weighted by Gasteiger charge is 1.98. The van der Waals surface area contributed by atoms with E-state index in [0.717, 1.165) is 17.7 Å². The molecule has 0 amide bonds. The van der Waals surface area contributed by atoms with Gasteiger partial charge < -0.3 is 11.1 Å². The number of hydrogen-bond donors (Lipinski definition) is 2. The first-order valence-electron chi connectivity index (χ1n) is 6.87. The Labute approximate surface area is 125 Å². The van der Waals surface area contributed by atoms with Gasteiger partial charge in [-0.3, -0.25) is 4.68 Å². The van der Waals surface area contributed by atoms with Crippen molar-refractivity contribution in [2.24, 2.45) is 10.7 Å². The zero-order valence-corrected chi connectivity index (χ0v) is 12.3. The molecular formula is C16H21N5. The summed E-state index contributed by atoms with van der Waals surface area (Å²) in [7, 11) is 0. The van der Waals surface area contributed by atoms with Crippen LogP contribution in [0.1, 0.15) is 18.1 Å². The fraction of sp³-hybridized carbons (Fsp3) is 0.250. The number of benzene rings is 1. The molecule has 5 nitrogen and oxygen atoms in total. The lowest BCUT2D eigenvalue weighted by molar-refractivity contribution is 0.686. The van der Waals surface area contributed by atoms with E-state index >= 15 is 0 Å². The summed E-state index contributed by atoms with van der Waals surface area (Å²) in [6.45, 7) is 7.72. The highest BCUT2D eigenvalue weighted by molar-refractivity contribution is 5.78. The third kappa shape index (κ3) is 5.14. The summed E-state index contributed by atoms with van der Waals surface area (Å²) < 4.78 is 1.89. The van der Waals surface area contributed by atoms with Crippen molar-refractivity contribution in [1.82, 2.24) is 15.1 Å². The van der Waals surface area contributed by atoms with Gasteiger partial charge in [0.2, 0.25) is 0 Å². The van der Waals surface area contributed by atoms with Crippen molar-refractivity contribution in [3.63, 3.8) is 0 Å². The summed E-state index contributed by atoms with van der Waals surface area (Å²) in [6.07, 6.45) is 3.73. The van der Waals surface area contributed by atoms with E-state index < -0.39 is 0 Å². The van der Waals surface area contributed by atoms with Crippen molar-refractivity contribution in [3.05, 3.63) is 66.0 Å². The molecule has 0 bridgehead atoms. The number of aliphatic imine (C=N–C) groups is 1. The lowest BCUT2D eigenvalue weighted by Crippen LogP contribution is -2.32. The second-order valence-electron chi connectivity index (χ2n) is 5.04. The minimum atomic E-state index is 0.440. The molecule has 0 spiro atoms. The van der Waals surface area contributed by atoms with Crippen LogP contribution in [0.4, 0.5) is 0 Å². The van der Waals surface area contributed by atoms with Gasteiger partial charge in [0.25, 0.3) is 0 Å². The van der Waals surface area contributed by atoms with Gasteiger partial charge in [0, 0.05) is 18.9 Å². The second-order valence-corrected chi connectivity index (χ2v) is 5.04. The van der Waals surface area contributed by atoms with Crippen LogP contribution in [0.2, 0.25) is 0 Å². The summed E-state index contributed by atoms with van der Waals surface area (Å²) >= 11 is 0. The summed E-state index contributed by atoms with van der Waals surface area (Å²) in [5.41, 5.74) is 9.14. The molecule has 3 N–H and O–H groups in total. The van der Waals surface area contributed by atoms with Gasteiger partial charge in [-0.25, -0.2) is 4.99 Å². The third-order valence-corrected chi connectivity index (χ3v) is 2.90. The highest BCUT2D eigenvalue weighted by Crippen LogP contribution is 2.08. The molecule has 0 fully saturated rings. The van der Waals surface area contributed by atoms with Crippen LogP contribution in [0, 0.1) is 0 Å². The number of nitrogens with one attached hydrogen (secondary N) is 1. The molecule has 0 aliphatic heterocycles. The predicted octanol–water partition coefficient (Wildman–Crippen LogP) is 1.91. The van der Waals surface area contributed by atoms with Crippen LogP contribution in [0.5, 0.6) is 0 Å². The third-order valence-electron chi connectivity index (χ3n) is 2.90. The minimum Gasteiger partial charge on any atom is -0.370 e. The lowest BCUT2D eigenvalue weighted by Gasteiger charge is -2.06. The van der Waals surface area contributed by atoms with E-state index in [1.807, 2.05) is 36.0 Å². The Bertz CT molecular complexity index is 613. The van der Waals surface area contributed by atoms with Crippen LogP contribution >= 0.6 is 0 Å². The van der Waals surface area contributed by atoms with E-state index in [9.17, 15) is 0 Å². The quantitative estimate of drug-likeness (QED) is 0.483. The van der Waals surface area contributed by atoms with Crippen molar-refractivity contribution in [2.75, 3.05) is 6.54 Å². The van der Waals surface area contributed by atoms with Crippen molar-refractivity contribution < 1.29 is 0 Å². The molecular weight excluding hydrogens is 262 g/mol. The molecule has 0 aliphatic carbocycles. The van der Waals surface area contributed by atoms with Gasteiger partial charge in [-0.2, -0.15) is 5.10 Å². The van der Waals surface area contributed by atoms with Crippen LogP contribution in [0.3, 0.4) is 0 Å². The van der Waals surface area contributed by atoms with Crippen molar-refractivity contribution >= 4 is 5.96 Å². The summed E-state index contributed by atoms with van der Waals surface area (Å²) in [5, 5.41) is 7.22. The van der Waals surface area contributed by atoms with E-state index in [2.05, 4.69) is 34.1 Å². The molecule has 2 rings (SSSR count). The van der Waals surface area contributed by atoms with Crippen molar-refractivity contribution in [3.8, 4) is 0 Å². The number of hydrogen-bond acceptors (Lipinski definition) is 2. The molecule has 110 valence electrons. The molecule has 1 heterocycles. The Morgan fingerprint density at radius 2 is 2.19 bits per heavy atom. The Kier molecular flexibility index (Phi) is 5.15. The largest absolute Gasteiger partial charge is 0.370 e. The summed E-state index contributed by atoms with van der Waals surface area (Å²) in [6, 6.07) is 10.2. The average Bonchev–Trinajstić information content (AvgIpc) is 2.96. The second kappa shape index (κ2) is 7.28. The molecule has 1 aromatic heterocycles. The molecule has 0 radical (unpaired) electrons. The molecule has 0 saturated carbocycles. The van der Waals surface area contributed by atoms with E-state index in [1.54, 1.807) is 6.20 Å². The molecule has 21 heavy (non-hydrogen) atoms. The first-order chi connectivity index (χ1) is 10.1. The van der Waals surface area contributed by atoms with Gasteiger partial charge in [-0.15, -0.1) is 0 Å². The first kappa shape index (κ1) is 14.8. The van der Waals surface area contributed by atoms with Gasteiger partial charge in [0.15, 0.2) is 5.96 Å². The fourth-order valence-corrected chi connectivity index (χ4v) is 1.88. The summed E-state index contributed by atoms with van der Waals surface area (Å²) in [5.74, 6) is 0.440. The number of guanidine groups is 1. The standard InChI is InChI=1S/C16H21N5/c1-13(2)10-18-16(17)19-11-14-5-3-6-15(9-14)12-21-8-4-7-20-21/h3-9H,1,10-12H2,2H3,(H3,17,18,19). The molecule has 2 aromatic rings. The zero-order chi connectivity index (χ0) is 15.1. The molecule has 0 unspecified atom stereocenters. The number of nitrogens with two attached hydrogens (primary N) is 1. The SMILES string of the molecule is C=C(C)CNC(N)=NCc1cccc(Cn2cccn2)c1. The van der Waals surface area contributed by atoms with Crippen LogP contribution in [0.25, 0.3) is 0 Å². The van der Waals surface area contributed by atoms with E-state index in [0.29, 0.717) is 19.0 Å². The molecule has 0 aliphatic rings. The Morgan fingerprint density at radius 3 is 2.90 bits per heavy atom. The Hall–Kier alpha value is -2.56. The van der Waals surface area contributed by atoms with E-state index in [-0.39, 0.29) is 0 Å². The topological polar surface area (TPSA) is 68.2 Å². The lowest BCUT2D eigenvalue weighted by atomic mass is 10.1. The van der Waals surface area contributed by atoms with E-state index in [4.69, 9.17) is 5.73 Å². The molecule has 5 heteroatoms. The molecule has 0 atom stereocenters. The van der Waals surface area contributed by atoms with Gasteiger partial charge >= 0.3 is 0 Å². The van der Waals surface area contributed by atoms with Gasteiger partial charge in [-0.1, -0.05) is 36.4 Å². The van der Waals surface area contributed by atoms with Crippen molar-refractivity contribution in [1.29, 1.82) is 0 Å². The first-order valence-corrected chi connectivity index (χ1v) is 6.87. The monoisotopic (exact) mass is 283 g/mol. The minimum absolute atomic E-state index is 0.440. The van der Waals surface area contributed by atoms with Crippen molar-refractivity contribution in [2.45, 2.75) is 20.0 Å². The maximum atomic E-state index is 5.80. The number of nitrogens with zero attached hydrogens (tertiary/aromatic N) is 3. The van der Waals surface area contributed by atoms with Gasteiger partial charge in [0.1, 0.15) is 0 Å². The van der Waals surface area contributed by atoms with Crippen LogP contribution < -0.4 is 11.1 Å². The highest BCUT2D eigenvalue weighted by atomic mass is 15.3. The smallest absolute Gasteiger partial charge is 0.189 e. The predicted molar refractivity (Wildman–Crippen MR) is 85.9 cm³/mol. The fourth-order valence-electron chi connectivity index (χ4n) is 1.88. The Morgan fingerprint density at radius 1 is 1.38 bits per heavy atom. The maximum absolute atomic E-state index is 5.80. The van der Waals surface area contributed by atoms with Crippen LogP contribution in [-0.4, -0.2) is 22.3 Å². The van der Waals surface area contributed by atoms with Crippen LogP contribution in [-0.2, 0) is 13.1 Å². The normalized spacial score (nSPS) is 11.4. The molecule has 1 aromatic carbocycles. The summed E-state index contributed by atoms with van der Waals surface area (Å²) in [4.78, 5) is 4.32. The Balaban J connectivity index is 1.94. The maximum Gasteiger partial charge on any atom is 0.189 e. The zero-order valence-electron chi connectivity index (χ0n) is 12.3. The number of aromatic nitrogens is 2. The van der Waals surface area contributed by atoms with Gasteiger partial charge in [0.05, 0.1) is 13.1 Å². The van der Waals surface area contributed by atoms with Gasteiger partial charge in [-0.05, 0) is 24.1 Å². The average molecular weight is 283 g/mol. The molecule has 0 saturated heterocycles. The van der Waals surface area contributed by atoms with E-state index in [1.165, 1.54) is 5.56 Å². The van der Waals surface area contributed by atoms with Crippen LogP contribution in [0.15, 0.2) is 59.9 Å². The number of rotatable bonds is 6.